The molecule has 0 spiro atoms. The number of fused-ring (bicyclic) bond motifs is 5. The Kier molecular flexibility index (Phi) is 10.8. The van der Waals surface area contributed by atoms with Gasteiger partial charge in [-0.3, -0.25) is 9.59 Å². The molecule has 0 aromatic heterocycles. The van der Waals surface area contributed by atoms with Crippen LogP contribution in [0.25, 0.3) is 0 Å². The molecule has 1 saturated heterocycles. The molecule has 0 amide bonds. The van der Waals surface area contributed by atoms with Crippen molar-refractivity contribution in [3.63, 3.8) is 0 Å². The molecular weight excluding hydrogens is 682 g/mol. The molecule has 0 radical (unpaired) electrons. The van der Waals surface area contributed by atoms with Crippen LogP contribution in [0.5, 0.6) is 0 Å². The Morgan fingerprint density at radius 2 is 1.60 bits per heavy atom. The number of esters is 3. The molecule has 53 heavy (non-hydrogen) atoms. The van der Waals surface area contributed by atoms with Gasteiger partial charge in [-0.2, -0.15) is 0 Å². The van der Waals surface area contributed by atoms with Crippen molar-refractivity contribution in [2.24, 2.45) is 28.4 Å². The Morgan fingerprint density at radius 1 is 0.962 bits per heavy atom. The highest BCUT2D eigenvalue weighted by molar-refractivity contribution is 5.94. The molecule has 3 fully saturated rings. The van der Waals surface area contributed by atoms with Gasteiger partial charge in [0.2, 0.25) is 6.10 Å². The first-order valence-electron chi connectivity index (χ1n) is 18.2. The smallest absolute Gasteiger partial charge is 0.348 e. The molecule has 4 aliphatic rings. The lowest BCUT2D eigenvalue weighted by Crippen LogP contribution is -2.75. The first kappa shape index (κ1) is 38.8. The summed E-state index contributed by atoms with van der Waals surface area (Å²) in [6, 6.07) is 16.5. The van der Waals surface area contributed by atoms with Crippen LogP contribution in [0, 0.1) is 22.7 Å². The van der Waals surface area contributed by atoms with Crippen LogP contribution in [-0.4, -0.2) is 97.9 Å². The number of aliphatic hydroxyl groups is 1. The highest BCUT2D eigenvalue weighted by Crippen LogP contribution is 2.63. The fraction of sp³-hybridized carbons (Fsp3) is 0.561. The number of hydrogen-bond acceptors (Lipinski definition) is 12. The average molecular weight is 734 g/mol. The Balaban J connectivity index is 1.49. The van der Waals surface area contributed by atoms with Gasteiger partial charge in [-0.05, 0) is 49.6 Å². The number of Topliss-reactive ketones (excluding diaryl/α,β-unsaturated/α-hetero) is 1. The fourth-order valence-corrected chi connectivity index (χ4v) is 9.29. The van der Waals surface area contributed by atoms with E-state index in [4.69, 9.17) is 34.2 Å². The molecular formula is C41H51NO11. The molecule has 5 unspecified atom stereocenters. The summed E-state index contributed by atoms with van der Waals surface area (Å²) in [6.07, 6.45) is -5.71. The zero-order valence-corrected chi connectivity index (χ0v) is 31.4. The van der Waals surface area contributed by atoms with Gasteiger partial charge in [0, 0.05) is 50.7 Å². The molecule has 3 N–H and O–H groups in total. The summed E-state index contributed by atoms with van der Waals surface area (Å²) in [5.74, 6) is -3.68. The Labute approximate surface area is 310 Å². The van der Waals surface area contributed by atoms with Crippen LogP contribution in [0.15, 0.2) is 71.8 Å². The van der Waals surface area contributed by atoms with Crippen LogP contribution >= 0.6 is 0 Å². The second kappa shape index (κ2) is 14.7. The van der Waals surface area contributed by atoms with Crippen LogP contribution in [0.1, 0.15) is 63.4 Å². The van der Waals surface area contributed by atoms with Gasteiger partial charge in [-0.15, -0.1) is 0 Å². The van der Waals surface area contributed by atoms with E-state index in [-0.39, 0.29) is 42.8 Å². The SMILES string of the molecule is CO[C@H]1C(=O)C2(C)C(C3CO[C@@H]3C[C@@H]2OC)C(OC(=O)c2ccccc2)[C@]2(O)C[C@H](OC(=O)[C@@H](Cc3ccccc3)OC(=O)C(C)N)C(C)=C1C2(C)C. The lowest BCUT2D eigenvalue weighted by Gasteiger charge is -2.65. The predicted molar refractivity (Wildman–Crippen MR) is 191 cm³/mol. The second-order valence-corrected chi connectivity index (χ2v) is 15.7. The maximum Gasteiger partial charge on any atom is 0.348 e. The van der Waals surface area contributed by atoms with Gasteiger partial charge in [0.25, 0.3) is 0 Å². The van der Waals surface area contributed by atoms with Crippen molar-refractivity contribution >= 4 is 23.7 Å². The summed E-state index contributed by atoms with van der Waals surface area (Å²) >= 11 is 0. The monoisotopic (exact) mass is 733 g/mol. The van der Waals surface area contributed by atoms with Gasteiger partial charge in [-0.1, -0.05) is 62.4 Å². The van der Waals surface area contributed by atoms with Crippen molar-refractivity contribution in [3.8, 4) is 0 Å². The van der Waals surface area contributed by atoms with E-state index in [9.17, 15) is 19.5 Å². The van der Waals surface area contributed by atoms with E-state index < -0.39 is 76.8 Å². The molecule has 11 atom stereocenters. The lowest BCUT2D eigenvalue weighted by molar-refractivity contribution is -0.280. The number of nitrogens with two attached hydrogens (primary N) is 1. The van der Waals surface area contributed by atoms with Crippen LogP contribution < -0.4 is 5.73 Å². The second-order valence-electron chi connectivity index (χ2n) is 15.7. The Morgan fingerprint density at radius 3 is 2.17 bits per heavy atom. The molecule has 12 nitrogen and oxygen atoms in total. The molecule has 286 valence electrons. The third-order valence-corrected chi connectivity index (χ3v) is 12.4. The van der Waals surface area contributed by atoms with E-state index in [1.165, 1.54) is 21.1 Å². The number of hydrogen-bond donors (Lipinski definition) is 2. The first-order valence-corrected chi connectivity index (χ1v) is 18.2. The topological polar surface area (TPSA) is 170 Å². The largest absolute Gasteiger partial charge is 0.455 e. The molecule has 3 aliphatic carbocycles. The first-order chi connectivity index (χ1) is 25.1. The van der Waals surface area contributed by atoms with Crippen LogP contribution in [0.4, 0.5) is 0 Å². The molecule has 6 rings (SSSR count). The number of benzene rings is 2. The summed E-state index contributed by atoms with van der Waals surface area (Å²) in [4.78, 5) is 56.1. The van der Waals surface area contributed by atoms with Gasteiger partial charge < -0.3 is 39.3 Å². The Bertz CT molecular complexity index is 1740. The van der Waals surface area contributed by atoms with Crippen molar-refractivity contribution in [1.29, 1.82) is 0 Å². The summed E-state index contributed by atoms with van der Waals surface area (Å²) in [7, 11) is 2.97. The van der Waals surface area contributed by atoms with Gasteiger partial charge in [0.1, 0.15) is 30.0 Å². The van der Waals surface area contributed by atoms with Gasteiger partial charge >= 0.3 is 17.9 Å². The van der Waals surface area contributed by atoms with E-state index >= 15 is 4.79 Å². The molecule has 2 aromatic carbocycles. The zero-order chi connectivity index (χ0) is 38.5. The van der Waals surface area contributed by atoms with Crippen molar-refractivity contribution < 1.29 is 52.7 Å². The molecule has 2 saturated carbocycles. The number of rotatable bonds is 10. The van der Waals surface area contributed by atoms with Crippen molar-refractivity contribution in [1.82, 2.24) is 0 Å². The standard InChI is InChI=1S/C41H51NO11/c1-22-29(52-38(46)28(51-36(44)23(2)42)18-24-14-10-8-11-15-24)20-41(47)35(53-37(45)25-16-12-9-13-17-25)32-26-21-50-27(26)19-30(48-6)40(32,5)34(43)33(49-7)31(22)39(41,3)4/h8-17,23,26-30,32-33,35,47H,18-21,42H2,1-7H3/t23?,26?,27-,28-,29+,30+,32?,33-,35?,40?,41-/m1/s1. The maximum absolute atomic E-state index is 15.2. The summed E-state index contributed by atoms with van der Waals surface area (Å²) in [6.45, 7) is 8.88. The minimum Gasteiger partial charge on any atom is -0.455 e. The number of carbonyl (C=O) groups excluding carboxylic acids is 4. The Hall–Kier alpha value is -3.94. The third-order valence-electron chi connectivity index (χ3n) is 12.4. The third kappa shape index (κ3) is 6.52. The van der Waals surface area contributed by atoms with E-state index in [2.05, 4.69) is 0 Å². The normalized spacial score (nSPS) is 34.2. The van der Waals surface area contributed by atoms with Crippen molar-refractivity contribution in [2.75, 3.05) is 20.8 Å². The van der Waals surface area contributed by atoms with Gasteiger partial charge in [-0.25, -0.2) is 9.59 Å². The summed E-state index contributed by atoms with van der Waals surface area (Å²) in [5.41, 5.74) is 3.20. The number of ketones is 1. The highest BCUT2D eigenvalue weighted by Gasteiger charge is 2.72. The summed E-state index contributed by atoms with van der Waals surface area (Å²) in [5, 5.41) is 13.5. The van der Waals surface area contributed by atoms with Crippen LogP contribution in [-0.2, 0) is 49.2 Å². The van der Waals surface area contributed by atoms with Gasteiger partial charge in [0.05, 0.1) is 29.8 Å². The number of methoxy groups -OCH3 is 2. The van der Waals surface area contributed by atoms with Crippen molar-refractivity contribution in [2.45, 2.75) is 102 Å². The number of carbonyl (C=O) groups is 4. The van der Waals surface area contributed by atoms with E-state index in [0.717, 1.165) is 5.56 Å². The number of ether oxygens (including phenoxy) is 6. The van der Waals surface area contributed by atoms with Gasteiger partial charge in [0.15, 0.2) is 5.78 Å². The van der Waals surface area contributed by atoms with Crippen molar-refractivity contribution in [3.05, 3.63) is 82.9 Å². The average Bonchev–Trinajstić information content (AvgIpc) is 3.12. The minimum atomic E-state index is -1.94. The maximum atomic E-state index is 15.2. The predicted octanol–water partition coefficient (Wildman–Crippen LogP) is 3.76. The van der Waals surface area contributed by atoms with E-state index in [1.54, 1.807) is 75.4 Å². The van der Waals surface area contributed by atoms with E-state index in [0.29, 0.717) is 17.6 Å². The minimum absolute atomic E-state index is 0.00856. The molecule has 1 aliphatic heterocycles. The van der Waals surface area contributed by atoms with Crippen LogP contribution in [0.2, 0.25) is 0 Å². The zero-order valence-electron chi connectivity index (χ0n) is 31.4. The fourth-order valence-electron chi connectivity index (χ4n) is 9.29. The molecule has 2 bridgehead atoms. The molecule has 1 heterocycles. The quantitative estimate of drug-likeness (QED) is 0.206. The van der Waals surface area contributed by atoms with Crippen LogP contribution in [0.3, 0.4) is 0 Å². The van der Waals surface area contributed by atoms with E-state index in [1.807, 2.05) is 13.0 Å². The lowest BCUT2D eigenvalue weighted by atomic mass is 9.46. The molecule has 2 aromatic rings. The highest BCUT2D eigenvalue weighted by atomic mass is 16.6. The molecule has 12 heteroatoms. The summed E-state index contributed by atoms with van der Waals surface area (Å²) < 4.78 is 36.4.